The molecule has 1 aliphatic heterocycles. The summed E-state index contributed by atoms with van der Waals surface area (Å²) in [5, 5.41) is 5.82. The van der Waals surface area contributed by atoms with E-state index in [1.54, 1.807) is 26.8 Å². The van der Waals surface area contributed by atoms with Gasteiger partial charge in [-0.25, -0.2) is 4.79 Å². The smallest absolute Gasteiger partial charge is 0.444 e. The van der Waals surface area contributed by atoms with Crippen molar-refractivity contribution in [2.24, 2.45) is 0 Å². The Bertz CT molecular complexity index is 786. The standard InChI is InChI=1S/C17H26FN3O5S/c1-12-14(20-16(22)25-17(2,3)4)9-13(10-15(12)26-27(18,23)24)11-21-7-5-19-6-8-21/h9-10,19H,5-8,11H2,1-4H3,(H,20,22). The fourth-order valence-electron chi connectivity index (χ4n) is 2.70. The van der Waals surface area contributed by atoms with E-state index >= 15 is 0 Å². The van der Waals surface area contributed by atoms with E-state index in [0.717, 1.165) is 26.2 Å². The fourth-order valence-corrected chi connectivity index (χ4v) is 3.09. The molecule has 1 heterocycles. The molecular weight excluding hydrogens is 377 g/mol. The molecule has 0 aliphatic carbocycles. The second-order valence-electron chi connectivity index (χ2n) is 7.40. The Hall–Kier alpha value is -1.91. The van der Waals surface area contributed by atoms with Gasteiger partial charge in [-0.1, -0.05) is 3.89 Å². The lowest BCUT2D eigenvalue weighted by molar-refractivity contribution is 0.0636. The van der Waals surface area contributed by atoms with Gasteiger partial charge in [-0.05, 0) is 45.4 Å². The Balaban J connectivity index is 2.30. The molecule has 1 amide bonds. The normalized spacial score (nSPS) is 16.0. The Kier molecular flexibility index (Phi) is 6.66. The summed E-state index contributed by atoms with van der Waals surface area (Å²) in [6.45, 7) is 10.5. The summed E-state index contributed by atoms with van der Waals surface area (Å²) >= 11 is 0. The number of anilines is 1. The van der Waals surface area contributed by atoms with Gasteiger partial charge in [0.25, 0.3) is 0 Å². The molecule has 8 nitrogen and oxygen atoms in total. The summed E-state index contributed by atoms with van der Waals surface area (Å²) in [5.41, 5.74) is 0.576. The van der Waals surface area contributed by atoms with Crippen LogP contribution in [0.4, 0.5) is 14.4 Å². The molecular formula is C17H26FN3O5S. The lowest BCUT2D eigenvalue weighted by Crippen LogP contribution is -2.42. The molecule has 1 aliphatic rings. The van der Waals surface area contributed by atoms with Crippen LogP contribution in [0.3, 0.4) is 0 Å². The van der Waals surface area contributed by atoms with E-state index in [0.29, 0.717) is 17.8 Å². The fraction of sp³-hybridized carbons (Fsp3) is 0.588. The third-order valence-corrected chi connectivity index (χ3v) is 4.24. The molecule has 0 saturated carbocycles. The van der Waals surface area contributed by atoms with Gasteiger partial charge in [-0.3, -0.25) is 10.2 Å². The van der Waals surface area contributed by atoms with Crippen LogP contribution < -0.4 is 14.8 Å². The first-order valence-electron chi connectivity index (χ1n) is 8.63. The minimum absolute atomic E-state index is 0.170. The summed E-state index contributed by atoms with van der Waals surface area (Å²) in [4.78, 5) is 14.3. The Morgan fingerprint density at radius 3 is 2.48 bits per heavy atom. The van der Waals surface area contributed by atoms with Crippen molar-refractivity contribution in [2.45, 2.75) is 39.8 Å². The van der Waals surface area contributed by atoms with Gasteiger partial charge in [0.05, 0.1) is 5.69 Å². The van der Waals surface area contributed by atoms with Gasteiger partial charge in [0.2, 0.25) is 0 Å². The quantitative estimate of drug-likeness (QED) is 0.729. The second kappa shape index (κ2) is 8.41. The molecule has 27 heavy (non-hydrogen) atoms. The van der Waals surface area contributed by atoms with Gasteiger partial charge < -0.3 is 14.2 Å². The van der Waals surface area contributed by atoms with E-state index in [1.807, 2.05) is 0 Å². The zero-order valence-electron chi connectivity index (χ0n) is 16.0. The Morgan fingerprint density at radius 2 is 1.93 bits per heavy atom. The van der Waals surface area contributed by atoms with Crippen LogP contribution in [0.25, 0.3) is 0 Å². The van der Waals surface area contributed by atoms with Crippen molar-refractivity contribution in [1.29, 1.82) is 0 Å². The van der Waals surface area contributed by atoms with Gasteiger partial charge in [0.1, 0.15) is 5.60 Å². The highest BCUT2D eigenvalue weighted by Crippen LogP contribution is 2.30. The summed E-state index contributed by atoms with van der Waals surface area (Å²) < 4.78 is 44.7. The van der Waals surface area contributed by atoms with Crippen molar-refractivity contribution >= 4 is 22.3 Å². The largest absolute Gasteiger partial charge is 0.488 e. The minimum atomic E-state index is -5.19. The SMILES string of the molecule is Cc1c(NC(=O)OC(C)(C)C)cc(CN2CCNCC2)cc1OS(=O)(=O)F. The maximum Gasteiger partial charge on any atom is 0.488 e. The number of rotatable bonds is 5. The van der Waals surface area contributed by atoms with Gasteiger partial charge in [0, 0.05) is 38.3 Å². The van der Waals surface area contributed by atoms with Crippen LogP contribution in [0.15, 0.2) is 12.1 Å². The van der Waals surface area contributed by atoms with E-state index < -0.39 is 22.2 Å². The lowest BCUT2D eigenvalue weighted by atomic mass is 10.1. The molecule has 152 valence electrons. The number of nitrogens with zero attached hydrogens (tertiary/aromatic N) is 1. The summed E-state index contributed by atoms with van der Waals surface area (Å²) in [6, 6.07) is 3.17. The van der Waals surface area contributed by atoms with Crippen molar-refractivity contribution in [2.75, 3.05) is 31.5 Å². The number of hydrogen-bond donors (Lipinski definition) is 2. The number of piperazine rings is 1. The molecule has 2 N–H and O–H groups in total. The lowest BCUT2D eigenvalue weighted by Gasteiger charge is -2.27. The van der Waals surface area contributed by atoms with Crippen LogP contribution in [0, 0.1) is 6.92 Å². The van der Waals surface area contributed by atoms with E-state index in [9.17, 15) is 17.1 Å². The first-order chi connectivity index (χ1) is 12.4. The van der Waals surface area contributed by atoms with Crippen LogP contribution in [-0.2, 0) is 21.8 Å². The highest BCUT2D eigenvalue weighted by atomic mass is 32.3. The third-order valence-electron chi connectivity index (χ3n) is 3.86. The molecule has 0 spiro atoms. The number of hydrogen-bond acceptors (Lipinski definition) is 7. The summed E-state index contributed by atoms with van der Waals surface area (Å²) in [7, 11) is -5.19. The first-order valence-corrected chi connectivity index (χ1v) is 9.94. The number of ether oxygens (including phenoxy) is 1. The highest BCUT2D eigenvalue weighted by Gasteiger charge is 2.21. The number of nitrogens with one attached hydrogen (secondary N) is 2. The molecule has 10 heteroatoms. The zero-order valence-corrected chi connectivity index (χ0v) is 16.8. The predicted molar refractivity (Wildman–Crippen MR) is 99.8 cm³/mol. The zero-order chi connectivity index (χ0) is 20.2. The third kappa shape index (κ3) is 7.31. The van der Waals surface area contributed by atoms with Gasteiger partial charge in [-0.2, -0.15) is 8.42 Å². The predicted octanol–water partition coefficient (Wildman–Crippen LogP) is 2.34. The van der Waals surface area contributed by atoms with Crippen molar-refractivity contribution < 1.29 is 26.0 Å². The van der Waals surface area contributed by atoms with E-state index in [4.69, 9.17) is 4.74 Å². The van der Waals surface area contributed by atoms with Gasteiger partial charge in [-0.15, -0.1) is 0 Å². The van der Waals surface area contributed by atoms with Crippen molar-refractivity contribution in [3.63, 3.8) is 0 Å². The van der Waals surface area contributed by atoms with E-state index in [2.05, 4.69) is 19.7 Å². The number of benzene rings is 1. The molecule has 0 unspecified atom stereocenters. The van der Waals surface area contributed by atoms with Crippen LogP contribution >= 0.6 is 0 Å². The maximum atomic E-state index is 13.1. The molecule has 0 radical (unpaired) electrons. The molecule has 0 atom stereocenters. The van der Waals surface area contributed by atoms with E-state index in [1.165, 1.54) is 13.0 Å². The number of halogens is 1. The summed E-state index contributed by atoms with van der Waals surface area (Å²) in [5.74, 6) is -0.170. The maximum absolute atomic E-state index is 13.1. The molecule has 1 fully saturated rings. The van der Waals surface area contributed by atoms with Crippen molar-refractivity contribution in [3.8, 4) is 5.75 Å². The van der Waals surface area contributed by atoms with E-state index in [-0.39, 0.29) is 11.3 Å². The molecule has 1 saturated heterocycles. The van der Waals surface area contributed by atoms with Crippen LogP contribution in [-0.4, -0.2) is 51.2 Å². The average Bonchev–Trinajstić information content (AvgIpc) is 2.49. The highest BCUT2D eigenvalue weighted by molar-refractivity contribution is 7.81. The first kappa shape index (κ1) is 21.4. The minimum Gasteiger partial charge on any atom is -0.444 e. The summed E-state index contributed by atoms with van der Waals surface area (Å²) in [6.07, 6.45) is -0.695. The van der Waals surface area contributed by atoms with Crippen LogP contribution in [0.1, 0.15) is 31.9 Å². The molecule has 2 rings (SSSR count). The second-order valence-corrected chi connectivity index (χ2v) is 8.35. The van der Waals surface area contributed by atoms with Crippen molar-refractivity contribution in [1.82, 2.24) is 10.2 Å². The van der Waals surface area contributed by atoms with Crippen LogP contribution in [0.2, 0.25) is 0 Å². The average molecular weight is 403 g/mol. The van der Waals surface area contributed by atoms with Crippen molar-refractivity contribution in [3.05, 3.63) is 23.3 Å². The van der Waals surface area contributed by atoms with Gasteiger partial charge in [0.15, 0.2) is 5.75 Å². The number of amides is 1. The number of carbonyl (C=O) groups is 1. The number of carbonyl (C=O) groups excluding carboxylic acids is 1. The topological polar surface area (TPSA) is 97.0 Å². The monoisotopic (exact) mass is 403 g/mol. The van der Waals surface area contributed by atoms with Gasteiger partial charge >= 0.3 is 16.6 Å². The Morgan fingerprint density at radius 1 is 1.30 bits per heavy atom. The molecule has 1 aromatic carbocycles. The molecule has 0 bridgehead atoms. The van der Waals surface area contributed by atoms with Crippen LogP contribution in [0.5, 0.6) is 5.75 Å². The molecule has 1 aromatic rings. The Labute approximate surface area is 159 Å². The molecule has 0 aromatic heterocycles.